The summed E-state index contributed by atoms with van der Waals surface area (Å²) in [7, 11) is 3.92. The summed E-state index contributed by atoms with van der Waals surface area (Å²) < 4.78 is 5.06. The summed E-state index contributed by atoms with van der Waals surface area (Å²) in [5.41, 5.74) is 5.93. The Morgan fingerprint density at radius 2 is 2.23 bits per heavy atom. The standard InChI is InChI=1S/C10H22N2O/c1-12(6-7-13-2)10-5-3-4-9(11)8-10/h9-10H,3-8,11H2,1-2H3. The van der Waals surface area contributed by atoms with E-state index in [1.807, 2.05) is 0 Å². The highest BCUT2D eigenvalue weighted by Gasteiger charge is 2.21. The Morgan fingerprint density at radius 1 is 1.46 bits per heavy atom. The molecule has 2 N–H and O–H groups in total. The van der Waals surface area contributed by atoms with Gasteiger partial charge in [0, 0.05) is 25.7 Å². The first-order chi connectivity index (χ1) is 6.24. The molecule has 3 heteroatoms. The van der Waals surface area contributed by atoms with Crippen LogP contribution >= 0.6 is 0 Å². The molecule has 13 heavy (non-hydrogen) atoms. The molecule has 0 aromatic rings. The first-order valence-corrected chi connectivity index (χ1v) is 5.18. The molecule has 0 heterocycles. The number of nitrogens with two attached hydrogens (primary N) is 1. The molecule has 0 aliphatic heterocycles. The Morgan fingerprint density at radius 3 is 2.85 bits per heavy atom. The molecule has 1 rings (SSSR count). The molecule has 0 amide bonds. The van der Waals surface area contributed by atoms with Gasteiger partial charge in [-0.25, -0.2) is 0 Å². The van der Waals surface area contributed by atoms with Gasteiger partial charge in [0.15, 0.2) is 0 Å². The van der Waals surface area contributed by atoms with Gasteiger partial charge in [0.25, 0.3) is 0 Å². The molecule has 78 valence electrons. The molecule has 0 bridgehead atoms. The van der Waals surface area contributed by atoms with Crippen LogP contribution in [0.1, 0.15) is 25.7 Å². The van der Waals surface area contributed by atoms with E-state index in [0.717, 1.165) is 19.6 Å². The van der Waals surface area contributed by atoms with Crippen LogP contribution in [0.25, 0.3) is 0 Å². The van der Waals surface area contributed by atoms with E-state index in [4.69, 9.17) is 10.5 Å². The lowest BCUT2D eigenvalue weighted by Gasteiger charge is -2.33. The van der Waals surface area contributed by atoms with Gasteiger partial charge in [-0.1, -0.05) is 6.42 Å². The Balaban J connectivity index is 2.24. The lowest BCUT2D eigenvalue weighted by Crippen LogP contribution is -2.41. The lowest BCUT2D eigenvalue weighted by molar-refractivity contribution is 0.119. The predicted octanol–water partition coefficient (Wildman–Crippen LogP) is 0.835. The predicted molar refractivity (Wildman–Crippen MR) is 54.7 cm³/mol. The maximum absolute atomic E-state index is 5.93. The van der Waals surface area contributed by atoms with E-state index >= 15 is 0 Å². The normalized spacial score (nSPS) is 29.5. The molecular formula is C10H22N2O. The monoisotopic (exact) mass is 186 g/mol. The van der Waals surface area contributed by atoms with Crippen molar-refractivity contribution in [3.05, 3.63) is 0 Å². The van der Waals surface area contributed by atoms with E-state index in [2.05, 4.69) is 11.9 Å². The Kier molecular flexibility index (Phi) is 4.70. The quantitative estimate of drug-likeness (QED) is 0.707. The third-order valence-corrected chi connectivity index (χ3v) is 2.96. The molecule has 2 unspecified atom stereocenters. The molecule has 0 spiro atoms. The zero-order valence-corrected chi connectivity index (χ0v) is 8.83. The summed E-state index contributed by atoms with van der Waals surface area (Å²) in [4.78, 5) is 2.38. The van der Waals surface area contributed by atoms with Crippen molar-refractivity contribution in [1.82, 2.24) is 4.90 Å². The summed E-state index contributed by atoms with van der Waals surface area (Å²) >= 11 is 0. The van der Waals surface area contributed by atoms with Gasteiger partial charge in [-0.3, -0.25) is 0 Å². The maximum atomic E-state index is 5.93. The largest absolute Gasteiger partial charge is 0.383 e. The van der Waals surface area contributed by atoms with Crippen LogP contribution in [0.4, 0.5) is 0 Å². The number of hydrogen-bond donors (Lipinski definition) is 1. The van der Waals surface area contributed by atoms with Crippen LogP contribution in [0.3, 0.4) is 0 Å². The molecule has 0 radical (unpaired) electrons. The number of methoxy groups -OCH3 is 1. The fourth-order valence-corrected chi connectivity index (χ4v) is 2.02. The van der Waals surface area contributed by atoms with Crippen LogP contribution < -0.4 is 5.73 Å². The second kappa shape index (κ2) is 5.58. The Bertz CT molecular complexity index is 141. The Hall–Kier alpha value is -0.120. The smallest absolute Gasteiger partial charge is 0.0589 e. The van der Waals surface area contributed by atoms with Gasteiger partial charge in [0.1, 0.15) is 0 Å². The van der Waals surface area contributed by atoms with Gasteiger partial charge in [-0.05, 0) is 26.3 Å². The van der Waals surface area contributed by atoms with Crippen molar-refractivity contribution in [2.45, 2.75) is 37.8 Å². The first kappa shape index (κ1) is 11.0. The van der Waals surface area contributed by atoms with Crippen molar-refractivity contribution in [2.24, 2.45) is 5.73 Å². The van der Waals surface area contributed by atoms with Gasteiger partial charge >= 0.3 is 0 Å². The van der Waals surface area contributed by atoms with E-state index in [0.29, 0.717) is 12.1 Å². The van der Waals surface area contributed by atoms with Crippen molar-refractivity contribution in [3.63, 3.8) is 0 Å². The molecule has 3 nitrogen and oxygen atoms in total. The zero-order valence-electron chi connectivity index (χ0n) is 8.83. The van der Waals surface area contributed by atoms with E-state index < -0.39 is 0 Å². The molecule has 0 aromatic carbocycles. The summed E-state index contributed by atoms with van der Waals surface area (Å²) in [5, 5.41) is 0. The first-order valence-electron chi connectivity index (χ1n) is 5.18. The molecule has 1 fully saturated rings. The second-order valence-electron chi connectivity index (χ2n) is 4.05. The minimum atomic E-state index is 0.420. The van der Waals surface area contributed by atoms with Crippen molar-refractivity contribution < 1.29 is 4.74 Å². The number of rotatable bonds is 4. The molecule has 1 aliphatic rings. The third-order valence-electron chi connectivity index (χ3n) is 2.96. The summed E-state index contributed by atoms with van der Waals surface area (Å²) in [6.45, 7) is 1.84. The van der Waals surface area contributed by atoms with Crippen LogP contribution in [0.15, 0.2) is 0 Å². The number of nitrogens with zero attached hydrogens (tertiary/aromatic N) is 1. The topological polar surface area (TPSA) is 38.5 Å². The van der Waals surface area contributed by atoms with E-state index in [-0.39, 0.29) is 0 Å². The molecule has 2 atom stereocenters. The van der Waals surface area contributed by atoms with E-state index in [1.54, 1.807) is 7.11 Å². The molecule has 1 aliphatic carbocycles. The van der Waals surface area contributed by atoms with Gasteiger partial charge < -0.3 is 15.4 Å². The number of likely N-dealkylation sites (N-methyl/N-ethyl adjacent to an activating group) is 1. The van der Waals surface area contributed by atoms with Crippen LogP contribution in [-0.4, -0.2) is 44.3 Å². The van der Waals surface area contributed by atoms with Crippen molar-refractivity contribution >= 4 is 0 Å². The average molecular weight is 186 g/mol. The van der Waals surface area contributed by atoms with Crippen LogP contribution in [0.5, 0.6) is 0 Å². The molecule has 1 saturated carbocycles. The zero-order chi connectivity index (χ0) is 9.68. The third kappa shape index (κ3) is 3.63. The van der Waals surface area contributed by atoms with E-state index in [9.17, 15) is 0 Å². The van der Waals surface area contributed by atoms with E-state index in [1.165, 1.54) is 19.3 Å². The SMILES string of the molecule is COCCN(C)C1CCCC(N)C1. The van der Waals surface area contributed by atoms with Gasteiger partial charge in [0.2, 0.25) is 0 Å². The fourth-order valence-electron chi connectivity index (χ4n) is 2.02. The minimum absolute atomic E-state index is 0.420. The Labute approximate surface area is 81.2 Å². The molecule has 0 aromatic heterocycles. The summed E-state index contributed by atoms with van der Waals surface area (Å²) in [6, 6.07) is 1.10. The molecule has 0 saturated heterocycles. The highest BCUT2D eigenvalue weighted by atomic mass is 16.5. The maximum Gasteiger partial charge on any atom is 0.0589 e. The summed E-state index contributed by atoms with van der Waals surface area (Å²) in [5.74, 6) is 0. The highest BCUT2D eigenvalue weighted by molar-refractivity contribution is 4.80. The second-order valence-corrected chi connectivity index (χ2v) is 4.05. The van der Waals surface area contributed by atoms with Crippen molar-refractivity contribution in [3.8, 4) is 0 Å². The summed E-state index contributed by atoms with van der Waals surface area (Å²) in [6.07, 6.45) is 4.94. The average Bonchev–Trinajstić information content (AvgIpc) is 2.14. The highest BCUT2D eigenvalue weighted by Crippen LogP contribution is 2.20. The lowest BCUT2D eigenvalue weighted by atomic mass is 9.91. The number of hydrogen-bond acceptors (Lipinski definition) is 3. The van der Waals surface area contributed by atoms with Gasteiger partial charge in [-0.15, -0.1) is 0 Å². The molecular weight excluding hydrogens is 164 g/mol. The number of ether oxygens (including phenoxy) is 1. The fraction of sp³-hybridized carbons (Fsp3) is 1.00. The minimum Gasteiger partial charge on any atom is -0.383 e. The van der Waals surface area contributed by atoms with Crippen LogP contribution in [0, 0.1) is 0 Å². The van der Waals surface area contributed by atoms with Crippen LogP contribution in [-0.2, 0) is 4.74 Å². The van der Waals surface area contributed by atoms with Crippen molar-refractivity contribution in [1.29, 1.82) is 0 Å². The van der Waals surface area contributed by atoms with Crippen molar-refractivity contribution in [2.75, 3.05) is 27.3 Å². The van der Waals surface area contributed by atoms with Gasteiger partial charge in [0.05, 0.1) is 6.61 Å². The van der Waals surface area contributed by atoms with Gasteiger partial charge in [-0.2, -0.15) is 0 Å². The van der Waals surface area contributed by atoms with Crippen LogP contribution in [0.2, 0.25) is 0 Å².